The molecule has 4 rings (SSSR count). The Labute approximate surface area is 199 Å². The number of carbonyl (C=O) groups is 2. The lowest BCUT2D eigenvalue weighted by Gasteiger charge is -2.27. The molecular weight excluding hydrogens is 461 g/mol. The molecule has 0 saturated carbocycles. The van der Waals surface area contributed by atoms with Crippen molar-refractivity contribution in [2.75, 3.05) is 11.9 Å². The van der Waals surface area contributed by atoms with Gasteiger partial charge in [0.2, 0.25) is 0 Å². The zero-order chi connectivity index (χ0) is 24.5. The van der Waals surface area contributed by atoms with Crippen molar-refractivity contribution in [3.63, 3.8) is 0 Å². The molecule has 0 unspecified atom stereocenters. The third-order valence-corrected chi connectivity index (χ3v) is 6.58. The third-order valence-electron chi connectivity index (χ3n) is 5.50. The fourth-order valence-electron chi connectivity index (χ4n) is 3.56. The minimum absolute atomic E-state index is 0.184. The summed E-state index contributed by atoms with van der Waals surface area (Å²) in [5, 5.41) is 2.96. The van der Waals surface area contributed by atoms with Gasteiger partial charge in [0.1, 0.15) is 0 Å². The zero-order valence-corrected chi connectivity index (χ0v) is 19.2. The summed E-state index contributed by atoms with van der Waals surface area (Å²) in [6, 6.07) is 19.2. The SMILES string of the molecule is C[C@H](NC(=O)c1ccc2c(c1)N(C)C(=O)/C(=C/c1ccc(C(F)(F)F)cc1)S2)c1ccccc1. The van der Waals surface area contributed by atoms with Crippen LogP contribution in [0.5, 0.6) is 0 Å². The number of benzene rings is 3. The van der Waals surface area contributed by atoms with Gasteiger partial charge in [-0.3, -0.25) is 9.59 Å². The highest BCUT2D eigenvalue weighted by Gasteiger charge is 2.30. The van der Waals surface area contributed by atoms with Crippen LogP contribution in [0.15, 0.2) is 82.6 Å². The van der Waals surface area contributed by atoms with Gasteiger partial charge in [-0.1, -0.05) is 54.2 Å². The zero-order valence-electron chi connectivity index (χ0n) is 18.4. The van der Waals surface area contributed by atoms with E-state index in [2.05, 4.69) is 5.32 Å². The summed E-state index contributed by atoms with van der Waals surface area (Å²) in [5.74, 6) is -0.552. The molecule has 0 aromatic heterocycles. The second-order valence-corrected chi connectivity index (χ2v) is 8.97. The summed E-state index contributed by atoms with van der Waals surface area (Å²) in [6.07, 6.45) is -2.85. The van der Waals surface area contributed by atoms with Crippen LogP contribution in [0.2, 0.25) is 0 Å². The number of likely N-dealkylation sites (N-methyl/N-ethyl adjacent to an activating group) is 1. The number of hydrogen-bond acceptors (Lipinski definition) is 3. The van der Waals surface area contributed by atoms with Gasteiger partial charge in [-0.05, 0) is 54.5 Å². The molecule has 1 aliphatic rings. The summed E-state index contributed by atoms with van der Waals surface area (Å²) in [7, 11) is 1.61. The van der Waals surface area contributed by atoms with Crippen molar-refractivity contribution < 1.29 is 22.8 Å². The lowest BCUT2D eigenvalue weighted by molar-refractivity contribution is -0.137. The van der Waals surface area contributed by atoms with Crippen molar-refractivity contribution in [1.82, 2.24) is 5.32 Å². The molecule has 0 spiro atoms. The molecule has 8 heteroatoms. The number of alkyl halides is 3. The predicted molar refractivity (Wildman–Crippen MR) is 127 cm³/mol. The van der Waals surface area contributed by atoms with E-state index in [4.69, 9.17) is 0 Å². The van der Waals surface area contributed by atoms with E-state index in [0.29, 0.717) is 21.7 Å². The van der Waals surface area contributed by atoms with Crippen molar-refractivity contribution in [2.45, 2.75) is 24.0 Å². The van der Waals surface area contributed by atoms with E-state index in [9.17, 15) is 22.8 Å². The van der Waals surface area contributed by atoms with Crippen molar-refractivity contribution in [2.24, 2.45) is 0 Å². The second kappa shape index (κ2) is 9.38. The number of anilines is 1. The Hall–Kier alpha value is -3.52. The number of rotatable bonds is 4. The average Bonchev–Trinajstić information content (AvgIpc) is 2.82. The van der Waals surface area contributed by atoms with Crippen LogP contribution >= 0.6 is 11.8 Å². The second-order valence-electron chi connectivity index (χ2n) is 7.88. The Morgan fingerprint density at radius 2 is 1.71 bits per heavy atom. The van der Waals surface area contributed by atoms with E-state index >= 15 is 0 Å². The lowest BCUT2D eigenvalue weighted by atomic mass is 10.1. The standard InChI is InChI=1S/C26H21F3N2O2S/c1-16(18-6-4-3-5-7-18)30-24(32)19-10-13-22-21(15-19)31(2)25(33)23(34-22)14-17-8-11-20(12-9-17)26(27,28)29/h3-16H,1-2H3,(H,30,32)/b23-14-/t16-/m0/s1. The first-order chi connectivity index (χ1) is 16.1. The van der Waals surface area contributed by atoms with Crippen molar-refractivity contribution >= 4 is 35.3 Å². The van der Waals surface area contributed by atoms with Crippen LogP contribution in [0.4, 0.5) is 18.9 Å². The van der Waals surface area contributed by atoms with Crippen LogP contribution in [0, 0.1) is 0 Å². The molecule has 2 amide bonds. The van der Waals surface area contributed by atoms with E-state index in [1.165, 1.54) is 28.8 Å². The van der Waals surface area contributed by atoms with Crippen LogP contribution in [-0.4, -0.2) is 18.9 Å². The molecule has 0 radical (unpaired) electrons. The molecule has 1 aliphatic heterocycles. The maximum absolute atomic E-state index is 12.9. The van der Waals surface area contributed by atoms with Crippen LogP contribution in [0.25, 0.3) is 6.08 Å². The van der Waals surface area contributed by atoms with Crippen LogP contribution in [-0.2, 0) is 11.0 Å². The number of nitrogens with one attached hydrogen (secondary N) is 1. The summed E-state index contributed by atoms with van der Waals surface area (Å²) in [4.78, 5) is 28.3. The monoisotopic (exact) mass is 482 g/mol. The minimum Gasteiger partial charge on any atom is -0.346 e. The molecule has 0 aliphatic carbocycles. The number of nitrogens with zero attached hydrogens (tertiary/aromatic N) is 1. The molecule has 174 valence electrons. The smallest absolute Gasteiger partial charge is 0.346 e. The van der Waals surface area contributed by atoms with Gasteiger partial charge in [0.25, 0.3) is 11.8 Å². The molecule has 0 fully saturated rings. The highest BCUT2D eigenvalue weighted by Crippen LogP contribution is 2.42. The summed E-state index contributed by atoms with van der Waals surface area (Å²) in [6.45, 7) is 1.90. The number of amides is 2. The molecule has 1 atom stereocenters. The molecule has 1 heterocycles. The quantitative estimate of drug-likeness (QED) is 0.444. The van der Waals surface area contributed by atoms with E-state index in [0.717, 1.165) is 22.6 Å². The first kappa shape index (κ1) is 23.6. The van der Waals surface area contributed by atoms with Gasteiger partial charge in [-0.25, -0.2) is 0 Å². The number of fused-ring (bicyclic) bond motifs is 1. The Bertz CT molecular complexity index is 1260. The summed E-state index contributed by atoms with van der Waals surface area (Å²) in [5.41, 5.74) is 1.75. The van der Waals surface area contributed by atoms with Gasteiger partial charge in [-0.15, -0.1) is 0 Å². The molecule has 1 N–H and O–H groups in total. The van der Waals surface area contributed by atoms with Gasteiger partial charge >= 0.3 is 6.18 Å². The van der Waals surface area contributed by atoms with E-state index in [1.54, 1.807) is 31.3 Å². The van der Waals surface area contributed by atoms with E-state index < -0.39 is 11.7 Å². The molecule has 0 bridgehead atoms. The van der Waals surface area contributed by atoms with Crippen molar-refractivity contribution in [3.8, 4) is 0 Å². The van der Waals surface area contributed by atoms with Gasteiger partial charge in [0.05, 0.1) is 22.2 Å². The first-order valence-electron chi connectivity index (χ1n) is 10.5. The number of carbonyl (C=O) groups excluding carboxylic acids is 2. The molecule has 34 heavy (non-hydrogen) atoms. The normalized spacial score (nSPS) is 15.7. The van der Waals surface area contributed by atoms with Crippen LogP contribution in [0.1, 0.15) is 40.0 Å². The van der Waals surface area contributed by atoms with Crippen molar-refractivity contribution in [3.05, 3.63) is 100.0 Å². The van der Waals surface area contributed by atoms with E-state index in [-0.39, 0.29) is 17.9 Å². The maximum atomic E-state index is 12.9. The Balaban J connectivity index is 1.54. The Morgan fingerprint density at radius 3 is 2.35 bits per heavy atom. The highest BCUT2D eigenvalue weighted by molar-refractivity contribution is 8.04. The van der Waals surface area contributed by atoms with E-state index in [1.807, 2.05) is 37.3 Å². The first-order valence-corrected chi connectivity index (χ1v) is 11.3. The largest absolute Gasteiger partial charge is 0.416 e. The fraction of sp³-hybridized carbons (Fsp3) is 0.154. The molecule has 4 nitrogen and oxygen atoms in total. The van der Waals surface area contributed by atoms with Gasteiger partial charge < -0.3 is 10.2 Å². The third kappa shape index (κ3) is 5.02. The average molecular weight is 483 g/mol. The topological polar surface area (TPSA) is 49.4 Å². The van der Waals surface area contributed by atoms with Crippen LogP contribution < -0.4 is 10.2 Å². The molecule has 3 aromatic carbocycles. The fourth-order valence-corrected chi connectivity index (χ4v) is 4.65. The molecular formula is C26H21F3N2O2S. The summed E-state index contributed by atoms with van der Waals surface area (Å²) >= 11 is 1.22. The van der Waals surface area contributed by atoms with Crippen LogP contribution in [0.3, 0.4) is 0 Å². The highest BCUT2D eigenvalue weighted by atomic mass is 32.2. The lowest BCUT2D eigenvalue weighted by Crippen LogP contribution is -2.31. The minimum atomic E-state index is -4.41. The van der Waals surface area contributed by atoms with Gasteiger partial charge in [0.15, 0.2) is 0 Å². The maximum Gasteiger partial charge on any atom is 0.416 e. The predicted octanol–water partition coefficient (Wildman–Crippen LogP) is 6.31. The molecule has 3 aromatic rings. The number of thioether (sulfide) groups is 1. The van der Waals surface area contributed by atoms with Crippen molar-refractivity contribution in [1.29, 1.82) is 0 Å². The Morgan fingerprint density at radius 1 is 1.03 bits per heavy atom. The molecule has 0 saturated heterocycles. The summed E-state index contributed by atoms with van der Waals surface area (Å²) < 4.78 is 38.4. The number of hydrogen-bond donors (Lipinski definition) is 1. The number of halogens is 3. The Kier molecular flexibility index (Phi) is 6.52. The van der Waals surface area contributed by atoms with Gasteiger partial charge in [-0.2, -0.15) is 13.2 Å². The van der Waals surface area contributed by atoms with Gasteiger partial charge in [0, 0.05) is 17.5 Å².